The Bertz CT molecular complexity index is 1170. The zero-order valence-electron chi connectivity index (χ0n) is 18.1. The van der Waals surface area contributed by atoms with Crippen molar-refractivity contribution in [1.29, 1.82) is 0 Å². The van der Waals surface area contributed by atoms with Gasteiger partial charge in [0.25, 0.3) is 0 Å². The largest absolute Gasteiger partial charge is 1.00 e. The van der Waals surface area contributed by atoms with Crippen molar-refractivity contribution in [2.24, 2.45) is 0 Å². The molecule has 30 heavy (non-hydrogen) atoms. The molecular formula is C19H22NNa2O6S2+. The second-order valence-electron chi connectivity index (χ2n) is 7.13. The Morgan fingerprint density at radius 1 is 1.17 bits per heavy atom. The molecule has 0 spiro atoms. The maximum atomic E-state index is 11.4. The summed E-state index contributed by atoms with van der Waals surface area (Å²) in [6.45, 7) is 9.51. The van der Waals surface area contributed by atoms with Crippen LogP contribution in [0.25, 0.3) is 10.8 Å². The van der Waals surface area contributed by atoms with E-state index in [2.05, 4.69) is 44.4 Å². The quantitative estimate of drug-likeness (QED) is 0.201. The normalized spacial score (nSPS) is 14.2. The summed E-state index contributed by atoms with van der Waals surface area (Å²) >= 11 is 0. The molecule has 3 rings (SSSR count). The first-order valence-corrected chi connectivity index (χ1v) is 11.1. The summed E-state index contributed by atoms with van der Waals surface area (Å²) in [6, 6.07) is 9.76. The molecule has 0 radical (unpaired) electrons. The Morgan fingerprint density at radius 2 is 1.73 bits per heavy atom. The number of hydrogen-bond acceptors (Lipinski definition) is 6. The topological polar surface area (TPSA) is 111 Å². The summed E-state index contributed by atoms with van der Waals surface area (Å²) in [5.41, 5.74) is 3.21. The monoisotopic (exact) mass is 470 g/mol. The summed E-state index contributed by atoms with van der Waals surface area (Å²) in [7, 11) is -7.60. The van der Waals surface area contributed by atoms with Gasteiger partial charge in [0.1, 0.15) is 6.54 Å². The molecule has 0 aromatic heterocycles. The number of rotatable bonds is 4. The Kier molecular flexibility index (Phi) is 11.6. The van der Waals surface area contributed by atoms with Gasteiger partial charge in [0.05, 0.1) is 15.5 Å². The van der Waals surface area contributed by atoms with Crippen LogP contribution in [0.3, 0.4) is 0 Å². The van der Waals surface area contributed by atoms with E-state index < -0.39 is 20.7 Å². The van der Waals surface area contributed by atoms with E-state index in [1.807, 2.05) is 6.07 Å². The molecule has 0 bridgehead atoms. The Morgan fingerprint density at radius 3 is 2.23 bits per heavy atom. The van der Waals surface area contributed by atoms with Crippen LogP contribution in [-0.2, 0) is 26.1 Å². The molecule has 0 N–H and O–H groups in total. The van der Waals surface area contributed by atoms with E-state index in [-0.39, 0.29) is 69.4 Å². The maximum absolute atomic E-state index is 11.4. The smallest absolute Gasteiger partial charge is 0.752 e. The van der Waals surface area contributed by atoms with Gasteiger partial charge in [-0.25, -0.2) is 13.0 Å². The first-order valence-electron chi connectivity index (χ1n) is 8.74. The van der Waals surface area contributed by atoms with Crippen LogP contribution in [0.5, 0.6) is 0 Å². The number of fused-ring (bicyclic) bond motifs is 3. The van der Waals surface area contributed by atoms with Gasteiger partial charge < -0.3 is 4.55 Å². The molecule has 1 aliphatic heterocycles. The Labute approximate surface area is 223 Å². The van der Waals surface area contributed by atoms with Crippen LogP contribution in [0.15, 0.2) is 29.2 Å². The van der Waals surface area contributed by atoms with Crippen molar-refractivity contribution in [2.75, 3.05) is 6.54 Å². The SMILES string of the molecule is CCCC[N+]1=C(C)C(C)(C)c2c1ccc1[c-]cc(S(=O)(=O)[O-])cc21.O=S(=O)=O.[Na+].[Na+]. The fraction of sp³-hybridized carbons (Fsp3) is 0.421. The molecule has 11 heteroatoms. The standard InChI is InChI=1S/C19H23NO3S.2Na.O3S/c1-5-6-11-20-13(2)19(3,4)18-16-12-15(24(21,22)23)9-7-14(16)8-10-17(18)20;;;1-4(2)3/h8-10,12H,5-6,11H2,1-4H3,(H,21,22,23);;;/q;2*+1;/p-1. The zero-order chi connectivity index (χ0) is 21.3. The third-order valence-electron chi connectivity index (χ3n) is 5.13. The van der Waals surface area contributed by atoms with Crippen LogP contribution in [-0.4, -0.2) is 42.4 Å². The average molecular weight is 471 g/mol. The third-order valence-corrected chi connectivity index (χ3v) is 5.94. The molecule has 0 amide bonds. The molecule has 2 aromatic rings. The number of benzene rings is 2. The summed E-state index contributed by atoms with van der Waals surface area (Å²) < 4.78 is 61.9. The van der Waals surface area contributed by atoms with Gasteiger partial charge >= 0.3 is 69.7 Å². The molecule has 1 heterocycles. The van der Waals surface area contributed by atoms with E-state index in [0.29, 0.717) is 0 Å². The van der Waals surface area contributed by atoms with Crippen LogP contribution in [0.2, 0.25) is 0 Å². The van der Waals surface area contributed by atoms with Gasteiger partial charge in [0, 0.05) is 18.9 Å². The summed E-state index contributed by atoms with van der Waals surface area (Å²) in [5, 5.41) is 1.63. The van der Waals surface area contributed by atoms with Gasteiger partial charge in [-0.2, -0.15) is 0 Å². The van der Waals surface area contributed by atoms with Crippen LogP contribution < -0.4 is 59.1 Å². The molecule has 0 fully saturated rings. The van der Waals surface area contributed by atoms with E-state index in [1.54, 1.807) is 0 Å². The zero-order valence-corrected chi connectivity index (χ0v) is 23.8. The molecule has 0 saturated carbocycles. The van der Waals surface area contributed by atoms with E-state index in [4.69, 9.17) is 12.6 Å². The molecule has 152 valence electrons. The number of unbranched alkanes of at least 4 members (excludes halogenated alkanes) is 1. The second-order valence-corrected chi connectivity index (χ2v) is 8.92. The second kappa shape index (κ2) is 11.7. The van der Waals surface area contributed by atoms with Crippen LogP contribution in [0.1, 0.15) is 46.1 Å². The van der Waals surface area contributed by atoms with E-state index in [9.17, 15) is 13.0 Å². The Balaban J connectivity index is 0.00000129. The predicted octanol–water partition coefficient (Wildman–Crippen LogP) is -3.26. The molecule has 0 atom stereocenters. The van der Waals surface area contributed by atoms with E-state index in [1.165, 1.54) is 17.8 Å². The van der Waals surface area contributed by atoms with Crippen molar-refractivity contribution in [3.63, 3.8) is 0 Å². The molecule has 1 aliphatic rings. The van der Waals surface area contributed by atoms with Gasteiger partial charge in [0.15, 0.2) is 11.4 Å². The van der Waals surface area contributed by atoms with Gasteiger partial charge in [-0.05, 0) is 24.8 Å². The molecule has 2 aromatic carbocycles. The van der Waals surface area contributed by atoms with Crippen molar-refractivity contribution in [2.45, 2.75) is 50.8 Å². The number of nitrogens with zero attached hydrogens (tertiary/aromatic N) is 1. The summed E-state index contributed by atoms with van der Waals surface area (Å²) in [4.78, 5) is -0.219. The molecule has 7 nitrogen and oxygen atoms in total. The van der Waals surface area contributed by atoms with Gasteiger partial charge in [0.2, 0.25) is 0 Å². The third kappa shape index (κ3) is 6.46. The molecule has 0 aliphatic carbocycles. The average Bonchev–Trinajstić information content (AvgIpc) is 2.78. The van der Waals surface area contributed by atoms with Crippen molar-refractivity contribution < 1.29 is 89.3 Å². The van der Waals surface area contributed by atoms with Crippen molar-refractivity contribution >= 4 is 42.9 Å². The Hall–Kier alpha value is -0.1000. The van der Waals surface area contributed by atoms with Crippen LogP contribution in [0.4, 0.5) is 5.69 Å². The minimum atomic E-state index is -4.49. The van der Waals surface area contributed by atoms with Gasteiger partial charge in [-0.15, -0.1) is 42.3 Å². The van der Waals surface area contributed by atoms with Gasteiger partial charge in [-0.3, -0.25) is 0 Å². The van der Waals surface area contributed by atoms with Crippen molar-refractivity contribution in [3.05, 3.63) is 35.9 Å². The molecule has 0 unspecified atom stereocenters. The summed E-state index contributed by atoms with van der Waals surface area (Å²) in [5.74, 6) is 0. The molecular weight excluding hydrogens is 448 g/mol. The first-order chi connectivity index (χ1) is 12.9. The van der Waals surface area contributed by atoms with E-state index >= 15 is 0 Å². The fourth-order valence-corrected chi connectivity index (χ4v) is 4.01. The minimum Gasteiger partial charge on any atom is -0.752 e. The van der Waals surface area contributed by atoms with Crippen LogP contribution in [0, 0.1) is 6.07 Å². The van der Waals surface area contributed by atoms with Crippen molar-refractivity contribution in [1.82, 2.24) is 0 Å². The fourth-order valence-electron chi connectivity index (χ4n) is 3.55. The maximum Gasteiger partial charge on any atom is 1.00 e. The molecule has 0 saturated heterocycles. The first kappa shape index (κ1) is 29.9. The van der Waals surface area contributed by atoms with E-state index in [0.717, 1.165) is 41.4 Å². The predicted molar refractivity (Wildman–Crippen MR) is 104 cm³/mol. The van der Waals surface area contributed by atoms with Gasteiger partial charge in [-0.1, -0.05) is 18.7 Å². The minimum absolute atomic E-state index is 0. The summed E-state index contributed by atoms with van der Waals surface area (Å²) in [6.07, 6.45) is 2.20. The number of hydrogen-bond donors (Lipinski definition) is 0. The van der Waals surface area contributed by atoms with Crippen LogP contribution >= 0.6 is 0 Å². The van der Waals surface area contributed by atoms with Crippen molar-refractivity contribution in [3.8, 4) is 0 Å².